The minimum atomic E-state index is -0.338. The molecule has 0 saturated carbocycles. The molecule has 7 heteroatoms. The summed E-state index contributed by atoms with van der Waals surface area (Å²) in [4.78, 5) is 33.2. The highest BCUT2D eigenvalue weighted by atomic mass is 16.5. The summed E-state index contributed by atoms with van der Waals surface area (Å²) in [5, 5.41) is 2.96. The van der Waals surface area contributed by atoms with Gasteiger partial charge in [0.15, 0.2) is 0 Å². The Balaban J connectivity index is 1.41. The first-order valence-corrected chi connectivity index (χ1v) is 13.6. The molecule has 1 aromatic heterocycles. The first kappa shape index (κ1) is 27.4. The van der Waals surface area contributed by atoms with E-state index in [0.717, 1.165) is 28.1 Å². The summed E-state index contributed by atoms with van der Waals surface area (Å²) in [5.74, 6) is 0.609. The molecule has 0 unspecified atom stereocenters. The van der Waals surface area contributed by atoms with E-state index in [4.69, 9.17) is 9.72 Å². The molecule has 0 fully saturated rings. The van der Waals surface area contributed by atoms with Crippen LogP contribution in [0.4, 0.5) is 5.95 Å². The smallest absolute Gasteiger partial charge is 0.246 e. The van der Waals surface area contributed by atoms with Crippen LogP contribution in [0.2, 0.25) is 0 Å². The summed E-state index contributed by atoms with van der Waals surface area (Å²) >= 11 is 0. The number of aromatic nitrogens is 2. The van der Waals surface area contributed by atoms with Crippen molar-refractivity contribution >= 4 is 17.8 Å². The lowest BCUT2D eigenvalue weighted by Crippen LogP contribution is -2.38. The second kappa shape index (κ2) is 13.3. The number of imidazole rings is 1. The van der Waals surface area contributed by atoms with Crippen molar-refractivity contribution < 1.29 is 14.3 Å². The van der Waals surface area contributed by atoms with E-state index in [1.807, 2.05) is 133 Å². The Morgan fingerprint density at radius 1 is 0.829 bits per heavy atom. The van der Waals surface area contributed by atoms with E-state index in [9.17, 15) is 9.59 Å². The molecule has 0 atom stereocenters. The van der Waals surface area contributed by atoms with Gasteiger partial charge >= 0.3 is 0 Å². The maximum Gasteiger partial charge on any atom is 0.246 e. The molecule has 5 aromatic rings. The van der Waals surface area contributed by atoms with Crippen molar-refractivity contribution in [3.63, 3.8) is 0 Å². The third-order valence-electron chi connectivity index (χ3n) is 6.54. The number of hydrogen-bond donors (Lipinski definition) is 1. The van der Waals surface area contributed by atoms with Gasteiger partial charge < -0.3 is 9.64 Å². The molecule has 0 saturated heterocycles. The summed E-state index contributed by atoms with van der Waals surface area (Å²) in [6, 6.07) is 36.6. The van der Waals surface area contributed by atoms with E-state index >= 15 is 0 Å². The SMILES string of the molecule is CCOc1cccc(-n2cc(-c3ccccc3)nc2NC(=O)CN(Cc2ccccc2)C(=O)Cc2ccccc2)c1. The van der Waals surface area contributed by atoms with Gasteiger partial charge in [-0.15, -0.1) is 0 Å². The van der Waals surface area contributed by atoms with Gasteiger partial charge in [0.05, 0.1) is 24.4 Å². The Kier molecular flexibility index (Phi) is 8.86. The number of ether oxygens (including phenoxy) is 1. The van der Waals surface area contributed by atoms with Crippen molar-refractivity contribution in [3.05, 3.63) is 133 Å². The molecule has 0 bridgehead atoms. The highest BCUT2D eigenvalue weighted by molar-refractivity contribution is 5.94. The fourth-order valence-electron chi connectivity index (χ4n) is 4.56. The Labute approximate surface area is 240 Å². The molecular formula is C34H32N4O3. The molecule has 2 amide bonds. The van der Waals surface area contributed by atoms with Crippen molar-refractivity contribution in [2.24, 2.45) is 0 Å². The molecule has 0 radical (unpaired) electrons. The number of nitrogens with zero attached hydrogens (tertiary/aromatic N) is 3. The zero-order valence-corrected chi connectivity index (χ0v) is 22.9. The first-order valence-electron chi connectivity index (χ1n) is 13.6. The molecular weight excluding hydrogens is 512 g/mol. The Morgan fingerprint density at radius 3 is 2.17 bits per heavy atom. The van der Waals surface area contributed by atoms with Gasteiger partial charge in [-0.2, -0.15) is 0 Å². The molecule has 1 heterocycles. The molecule has 0 aliphatic rings. The average molecular weight is 545 g/mol. The van der Waals surface area contributed by atoms with Gasteiger partial charge in [-0.05, 0) is 30.2 Å². The third kappa shape index (κ3) is 7.28. The van der Waals surface area contributed by atoms with Crippen LogP contribution in [0.3, 0.4) is 0 Å². The normalized spacial score (nSPS) is 10.7. The Morgan fingerprint density at radius 2 is 1.49 bits per heavy atom. The van der Waals surface area contributed by atoms with Crippen LogP contribution < -0.4 is 10.1 Å². The van der Waals surface area contributed by atoms with Crippen LogP contribution in [0.15, 0.2) is 121 Å². The van der Waals surface area contributed by atoms with E-state index in [0.29, 0.717) is 24.8 Å². The quantitative estimate of drug-likeness (QED) is 0.216. The summed E-state index contributed by atoms with van der Waals surface area (Å²) < 4.78 is 7.53. The lowest BCUT2D eigenvalue weighted by molar-refractivity contribution is -0.134. The number of anilines is 1. The largest absolute Gasteiger partial charge is 0.494 e. The number of amides is 2. The highest BCUT2D eigenvalue weighted by Crippen LogP contribution is 2.26. The average Bonchev–Trinajstić information content (AvgIpc) is 3.42. The van der Waals surface area contributed by atoms with Gasteiger partial charge in [-0.3, -0.25) is 19.5 Å². The Bertz CT molecular complexity index is 1580. The minimum Gasteiger partial charge on any atom is -0.494 e. The number of benzene rings is 4. The van der Waals surface area contributed by atoms with Crippen LogP contribution in [-0.2, 0) is 22.6 Å². The number of nitrogens with one attached hydrogen (secondary N) is 1. The molecule has 0 aliphatic carbocycles. The van der Waals surface area contributed by atoms with Gasteiger partial charge in [-0.1, -0.05) is 97.1 Å². The van der Waals surface area contributed by atoms with Crippen LogP contribution in [0.25, 0.3) is 16.9 Å². The molecule has 0 aliphatic heterocycles. The first-order chi connectivity index (χ1) is 20.1. The Hall–Kier alpha value is -5.17. The zero-order chi connectivity index (χ0) is 28.4. The van der Waals surface area contributed by atoms with Crippen LogP contribution >= 0.6 is 0 Å². The summed E-state index contributed by atoms with van der Waals surface area (Å²) in [7, 11) is 0. The van der Waals surface area contributed by atoms with Gasteiger partial charge in [0.2, 0.25) is 17.8 Å². The van der Waals surface area contributed by atoms with E-state index in [-0.39, 0.29) is 24.8 Å². The van der Waals surface area contributed by atoms with Crippen molar-refractivity contribution in [2.75, 3.05) is 18.5 Å². The van der Waals surface area contributed by atoms with Crippen molar-refractivity contribution in [1.82, 2.24) is 14.5 Å². The van der Waals surface area contributed by atoms with Gasteiger partial charge in [-0.25, -0.2) is 4.98 Å². The van der Waals surface area contributed by atoms with Crippen molar-refractivity contribution in [3.8, 4) is 22.7 Å². The standard InChI is InChI=1S/C34H32N4O3/c1-2-41-30-20-12-19-29(22-30)38-24-31(28-17-10-5-11-18-28)35-34(38)36-32(39)25-37(23-27-15-8-4-9-16-27)33(40)21-26-13-6-3-7-14-26/h3-20,22,24H,2,21,23,25H2,1H3,(H,35,36,39). The van der Waals surface area contributed by atoms with E-state index in [1.54, 1.807) is 4.90 Å². The molecule has 7 nitrogen and oxygen atoms in total. The summed E-state index contributed by atoms with van der Waals surface area (Å²) in [5.41, 5.74) is 4.27. The summed E-state index contributed by atoms with van der Waals surface area (Å²) in [6.07, 6.45) is 2.09. The molecule has 5 rings (SSSR count). The molecule has 41 heavy (non-hydrogen) atoms. The topological polar surface area (TPSA) is 76.5 Å². The van der Waals surface area contributed by atoms with Gasteiger partial charge in [0, 0.05) is 24.4 Å². The molecule has 4 aromatic carbocycles. The van der Waals surface area contributed by atoms with E-state index in [2.05, 4.69) is 5.32 Å². The lowest BCUT2D eigenvalue weighted by atomic mass is 10.1. The molecule has 1 N–H and O–H groups in total. The van der Waals surface area contributed by atoms with Crippen LogP contribution in [0.1, 0.15) is 18.1 Å². The predicted octanol–water partition coefficient (Wildman–Crippen LogP) is 6.15. The summed E-state index contributed by atoms with van der Waals surface area (Å²) in [6.45, 7) is 2.68. The minimum absolute atomic E-state index is 0.118. The van der Waals surface area contributed by atoms with Crippen molar-refractivity contribution in [2.45, 2.75) is 19.9 Å². The maximum atomic E-state index is 13.5. The monoisotopic (exact) mass is 544 g/mol. The van der Waals surface area contributed by atoms with Gasteiger partial charge in [0.1, 0.15) is 12.3 Å². The van der Waals surface area contributed by atoms with Crippen LogP contribution in [-0.4, -0.2) is 39.4 Å². The van der Waals surface area contributed by atoms with Gasteiger partial charge in [0.25, 0.3) is 0 Å². The highest BCUT2D eigenvalue weighted by Gasteiger charge is 2.21. The number of rotatable bonds is 11. The van der Waals surface area contributed by atoms with E-state index < -0.39 is 0 Å². The lowest BCUT2D eigenvalue weighted by Gasteiger charge is -2.22. The number of carbonyl (C=O) groups excluding carboxylic acids is 2. The fraction of sp³-hybridized carbons (Fsp3) is 0.147. The van der Waals surface area contributed by atoms with Crippen LogP contribution in [0.5, 0.6) is 5.75 Å². The molecule has 206 valence electrons. The number of carbonyl (C=O) groups is 2. The second-order valence-electron chi connectivity index (χ2n) is 9.56. The maximum absolute atomic E-state index is 13.5. The predicted molar refractivity (Wildman–Crippen MR) is 161 cm³/mol. The third-order valence-corrected chi connectivity index (χ3v) is 6.54. The van der Waals surface area contributed by atoms with Crippen LogP contribution in [0, 0.1) is 0 Å². The second-order valence-corrected chi connectivity index (χ2v) is 9.56. The fourth-order valence-corrected chi connectivity index (χ4v) is 4.56. The number of hydrogen-bond acceptors (Lipinski definition) is 4. The van der Waals surface area contributed by atoms with E-state index in [1.165, 1.54) is 0 Å². The van der Waals surface area contributed by atoms with Crippen molar-refractivity contribution in [1.29, 1.82) is 0 Å². The molecule has 0 spiro atoms. The zero-order valence-electron chi connectivity index (χ0n) is 22.9.